The van der Waals surface area contributed by atoms with Gasteiger partial charge in [0.1, 0.15) is 5.75 Å². The van der Waals surface area contributed by atoms with Crippen LogP contribution in [-0.2, 0) is 6.54 Å². The maximum atomic E-state index is 9.52. The van der Waals surface area contributed by atoms with Gasteiger partial charge in [0.25, 0.3) is 0 Å². The number of benzene rings is 1. The first-order valence-electron chi connectivity index (χ1n) is 9.98. The summed E-state index contributed by atoms with van der Waals surface area (Å²) < 4.78 is 5.20. The van der Waals surface area contributed by atoms with Crippen LogP contribution >= 0.6 is 0 Å². The summed E-state index contributed by atoms with van der Waals surface area (Å²) in [6.45, 7) is 7.02. The van der Waals surface area contributed by atoms with Crippen molar-refractivity contribution >= 4 is 6.08 Å². The zero-order valence-corrected chi connectivity index (χ0v) is 16.9. The first-order chi connectivity index (χ1) is 13.7. The molecule has 1 atom stereocenters. The highest BCUT2D eigenvalue weighted by atomic mass is 16.5. The fourth-order valence-electron chi connectivity index (χ4n) is 3.70. The van der Waals surface area contributed by atoms with Crippen LogP contribution in [0.2, 0.25) is 0 Å². The Morgan fingerprint density at radius 1 is 1.18 bits per heavy atom. The smallest absolute Gasteiger partial charge is 0.118 e. The number of nitrogens with zero attached hydrogens (tertiary/aromatic N) is 3. The Kier molecular flexibility index (Phi) is 7.60. The number of aromatic nitrogens is 1. The molecule has 2 heterocycles. The molecule has 1 N–H and O–H groups in total. The van der Waals surface area contributed by atoms with Gasteiger partial charge in [-0.15, -0.1) is 0 Å². The predicted octanol–water partition coefficient (Wildman–Crippen LogP) is 2.98. The summed E-state index contributed by atoms with van der Waals surface area (Å²) in [6.07, 6.45) is 5.17. The lowest BCUT2D eigenvalue weighted by Gasteiger charge is -2.41. The van der Waals surface area contributed by atoms with Crippen LogP contribution < -0.4 is 4.74 Å². The second kappa shape index (κ2) is 10.4. The quantitative estimate of drug-likeness (QED) is 0.762. The van der Waals surface area contributed by atoms with E-state index >= 15 is 0 Å². The Balaban J connectivity index is 1.54. The van der Waals surface area contributed by atoms with E-state index in [0.29, 0.717) is 6.04 Å². The molecule has 1 aliphatic rings. The number of methoxy groups -OCH3 is 1. The number of aryl methyl sites for hydroxylation is 1. The predicted molar refractivity (Wildman–Crippen MR) is 113 cm³/mol. The Morgan fingerprint density at radius 3 is 2.71 bits per heavy atom. The number of aliphatic hydroxyl groups excluding tert-OH is 1. The maximum absolute atomic E-state index is 9.52. The lowest BCUT2D eigenvalue weighted by atomic mass is 10.1. The summed E-state index contributed by atoms with van der Waals surface area (Å²) in [5.41, 5.74) is 3.34. The van der Waals surface area contributed by atoms with E-state index < -0.39 is 0 Å². The normalized spacial score (nSPS) is 18.6. The van der Waals surface area contributed by atoms with Gasteiger partial charge in [-0.1, -0.05) is 30.4 Å². The first kappa shape index (κ1) is 20.5. The Hall–Kier alpha value is -2.21. The van der Waals surface area contributed by atoms with Crippen LogP contribution in [0.15, 0.2) is 48.5 Å². The molecule has 2 aromatic rings. The van der Waals surface area contributed by atoms with Crippen LogP contribution in [0, 0.1) is 6.92 Å². The van der Waals surface area contributed by atoms with E-state index in [2.05, 4.69) is 51.2 Å². The fraction of sp³-hybridized carbons (Fsp3) is 0.435. The summed E-state index contributed by atoms with van der Waals surface area (Å²) in [7, 11) is 1.68. The van der Waals surface area contributed by atoms with E-state index in [9.17, 15) is 5.11 Å². The van der Waals surface area contributed by atoms with Gasteiger partial charge in [0.2, 0.25) is 0 Å². The molecule has 0 radical (unpaired) electrons. The Labute approximate surface area is 168 Å². The molecular formula is C23H31N3O2. The lowest BCUT2D eigenvalue weighted by molar-refractivity contribution is 0.0587. The molecule has 28 heavy (non-hydrogen) atoms. The van der Waals surface area contributed by atoms with Gasteiger partial charge in [0.15, 0.2) is 0 Å². The maximum Gasteiger partial charge on any atom is 0.118 e. The van der Waals surface area contributed by atoms with E-state index in [1.165, 1.54) is 5.56 Å². The minimum absolute atomic E-state index is 0.220. The molecule has 0 spiro atoms. The third-order valence-electron chi connectivity index (χ3n) is 5.25. The molecule has 1 saturated heterocycles. The minimum Gasteiger partial charge on any atom is -0.497 e. The van der Waals surface area contributed by atoms with Crippen molar-refractivity contribution in [2.24, 2.45) is 0 Å². The summed E-state index contributed by atoms with van der Waals surface area (Å²) in [6, 6.07) is 14.6. The van der Waals surface area contributed by atoms with Crippen LogP contribution in [0.4, 0.5) is 0 Å². The average molecular weight is 382 g/mol. The monoisotopic (exact) mass is 381 g/mol. The Bertz CT molecular complexity index is 761. The molecule has 1 aliphatic heterocycles. The zero-order chi connectivity index (χ0) is 19.8. The van der Waals surface area contributed by atoms with E-state index in [4.69, 9.17) is 4.74 Å². The number of pyridine rings is 1. The number of ether oxygens (including phenoxy) is 1. The Morgan fingerprint density at radius 2 is 2.00 bits per heavy atom. The third kappa shape index (κ3) is 5.89. The minimum atomic E-state index is 0.220. The highest BCUT2D eigenvalue weighted by Crippen LogP contribution is 2.17. The molecule has 0 bridgehead atoms. The van der Waals surface area contributed by atoms with Gasteiger partial charge in [-0.05, 0) is 43.2 Å². The molecule has 5 heteroatoms. The van der Waals surface area contributed by atoms with Gasteiger partial charge in [0.05, 0.1) is 12.8 Å². The topological polar surface area (TPSA) is 48.8 Å². The highest BCUT2D eigenvalue weighted by molar-refractivity contribution is 5.50. The van der Waals surface area contributed by atoms with Crippen molar-refractivity contribution < 1.29 is 9.84 Å². The molecule has 5 nitrogen and oxygen atoms in total. The van der Waals surface area contributed by atoms with Crippen molar-refractivity contribution in [2.75, 3.05) is 39.9 Å². The SMILES string of the molecule is COc1ccc(/C=C/CN2CCN(Cc3cccc(C)n3)[C@@H](CCO)C2)cc1. The summed E-state index contributed by atoms with van der Waals surface area (Å²) >= 11 is 0. The zero-order valence-electron chi connectivity index (χ0n) is 16.9. The van der Waals surface area contributed by atoms with Gasteiger partial charge in [-0.3, -0.25) is 14.8 Å². The van der Waals surface area contributed by atoms with Crippen molar-refractivity contribution in [1.82, 2.24) is 14.8 Å². The molecule has 3 rings (SSSR count). The van der Waals surface area contributed by atoms with Crippen molar-refractivity contribution in [1.29, 1.82) is 0 Å². The molecule has 0 aliphatic carbocycles. The van der Waals surface area contributed by atoms with Gasteiger partial charge in [-0.25, -0.2) is 0 Å². The third-order valence-corrected chi connectivity index (χ3v) is 5.25. The number of hydrogen-bond acceptors (Lipinski definition) is 5. The van der Waals surface area contributed by atoms with Crippen molar-refractivity contribution in [2.45, 2.75) is 25.9 Å². The summed E-state index contributed by atoms with van der Waals surface area (Å²) in [5, 5.41) is 9.52. The van der Waals surface area contributed by atoms with Crippen LogP contribution in [0.25, 0.3) is 6.08 Å². The number of hydrogen-bond donors (Lipinski definition) is 1. The van der Waals surface area contributed by atoms with E-state index in [1.807, 2.05) is 25.1 Å². The number of aliphatic hydroxyl groups is 1. The molecule has 0 unspecified atom stereocenters. The van der Waals surface area contributed by atoms with Gasteiger partial charge < -0.3 is 9.84 Å². The van der Waals surface area contributed by atoms with Gasteiger partial charge in [0, 0.05) is 51.1 Å². The van der Waals surface area contributed by atoms with Gasteiger partial charge >= 0.3 is 0 Å². The average Bonchev–Trinajstić information content (AvgIpc) is 2.71. The molecule has 0 saturated carbocycles. The van der Waals surface area contributed by atoms with Crippen LogP contribution in [0.3, 0.4) is 0 Å². The molecule has 1 aromatic carbocycles. The highest BCUT2D eigenvalue weighted by Gasteiger charge is 2.26. The fourth-order valence-corrected chi connectivity index (χ4v) is 3.70. The first-order valence-corrected chi connectivity index (χ1v) is 9.98. The standard InChI is InChI=1S/C23H31N3O2/c1-19-5-3-7-21(24-19)17-26-15-14-25(18-22(26)12-16-27)13-4-6-20-8-10-23(28-2)11-9-20/h3-11,22,27H,12-18H2,1-2H3/b6-4+/t22-/m0/s1. The van der Waals surface area contributed by atoms with Crippen molar-refractivity contribution in [3.8, 4) is 5.75 Å². The lowest BCUT2D eigenvalue weighted by Crippen LogP contribution is -2.52. The second-order valence-corrected chi connectivity index (χ2v) is 7.34. The molecule has 1 aromatic heterocycles. The van der Waals surface area contributed by atoms with E-state index in [1.54, 1.807) is 7.11 Å². The van der Waals surface area contributed by atoms with Crippen molar-refractivity contribution in [3.05, 3.63) is 65.5 Å². The molecule has 0 amide bonds. The summed E-state index contributed by atoms with van der Waals surface area (Å²) in [4.78, 5) is 9.56. The largest absolute Gasteiger partial charge is 0.497 e. The molecule has 1 fully saturated rings. The van der Waals surface area contributed by atoms with E-state index in [0.717, 1.165) is 56.3 Å². The van der Waals surface area contributed by atoms with E-state index in [-0.39, 0.29) is 6.61 Å². The van der Waals surface area contributed by atoms with Crippen molar-refractivity contribution in [3.63, 3.8) is 0 Å². The number of piperazine rings is 1. The summed E-state index contributed by atoms with van der Waals surface area (Å²) in [5.74, 6) is 0.878. The second-order valence-electron chi connectivity index (χ2n) is 7.34. The number of rotatable bonds is 8. The molecule has 150 valence electrons. The van der Waals surface area contributed by atoms with Gasteiger partial charge in [-0.2, -0.15) is 0 Å². The van der Waals surface area contributed by atoms with Crippen LogP contribution in [0.5, 0.6) is 5.75 Å². The van der Waals surface area contributed by atoms with Crippen LogP contribution in [0.1, 0.15) is 23.4 Å². The van der Waals surface area contributed by atoms with Crippen LogP contribution in [-0.4, -0.2) is 65.8 Å². The molecular weight excluding hydrogens is 350 g/mol.